The van der Waals surface area contributed by atoms with E-state index in [1.54, 1.807) is 6.07 Å². The maximum Gasteiger partial charge on any atom is 0.354 e. The van der Waals surface area contributed by atoms with E-state index in [1.165, 1.54) is 42.5 Å². The number of hydrogen-bond donors (Lipinski definition) is 3. The summed E-state index contributed by atoms with van der Waals surface area (Å²) in [7, 11) is -1.81. The number of hydrogen-bond acceptors (Lipinski definition) is 8. The molecule has 0 aliphatic carbocycles. The fourth-order valence-electron chi connectivity index (χ4n) is 2.12. The van der Waals surface area contributed by atoms with Gasteiger partial charge in [-0.05, 0) is 36.4 Å². The number of benzene rings is 2. The summed E-state index contributed by atoms with van der Waals surface area (Å²) < 4.78 is 37.0. The Morgan fingerprint density at radius 1 is 1.00 bits per heavy atom. The Balaban J connectivity index is 2.40. The molecule has 0 saturated carbocycles. The van der Waals surface area contributed by atoms with Crippen molar-refractivity contribution < 1.29 is 32.6 Å². The van der Waals surface area contributed by atoms with Crippen molar-refractivity contribution in [2.75, 3.05) is 24.3 Å². The molecule has 0 radical (unpaired) electrons. The second-order valence-corrected chi connectivity index (χ2v) is 7.00. The van der Waals surface area contributed by atoms with Crippen molar-refractivity contribution in [3.05, 3.63) is 60.3 Å². The Bertz CT molecular complexity index is 999. The summed E-state index contributed by atoms with van der Waals surface area (Å²) in [5, 5.41) is 11.9. The third-order valence-electron chi connectivity index (χ3n) is 3.43. The highest BCUT2D eigenvalue weighted by molar-refractivity contribution is 7.92. The molecule has 0 aliphatic rings. The van der Waals surface area contributed by atoms with Gasteiger partial charge in [-0.15, -0.1) is 0 Å². The van der Waals surface area contributed by atoms with Gasteiger partial charge in [-0.3, -0.25) is 4.72 Å². The maximum absolute atomic E-state index is 12.8. The number of para-hydroxylation sites is 1. The van der Waals surface area contributed by atoms with E-state index in [0.29, 0.717) is 0 Å². The number of rotatable bonds is 7. The summed E-state index contributed by atoms with van der Waals surface area (Å²) in [5.41, 5.74) is -0.0399. The first-order chi connectivity index (χ1) is 13.3. The van der Waals surface area contributed by atoms with E-state index in [-0.39, 0.29) is 27.7 Å². The van der Waals surface area contributed by atoms with E-state index >= 15 is 0 Å². The molecule has 0 aliphatic heterocycles. The lowest BCUT2D eigenvalue weighted by Gasteiger charge is -2.15. The zero-order valence-corrected chi connectivity index (χ0v) is 15.8. The summed E-state index contributed by atoms with van der Waals surface area (Å²) in [5.74, 6) is -1.72. The number of phenolic OH excluding ortho intramolecular Hbond substituents is 1. The van der Waals surface area contributed by atoms with Crippen LogP contribution in [-0.2, 0) is 29.1 Å². The first-order valence-corrected chi connectivity index (χ1v) is 9.31. The molecule has 0 spiro atoms. The molecule has 2 aromatic rings. The molecular formula is C18H18N2O7S. The van der Waals surface area contributed by atoms with E-state index in [4.69, 9.17) is 0 Å². The van der Waals surface area contributed by atoms with Gasteiger partial charge in [-0.25, -0.2) is 18.0 Å². The first-order valence-electron chi connectivity index (χ1n) is 7.82. The molecule has 0 amide bonds. The number of nitrogens with one attached hydrogen (secondary N) is 2. The second kappa shape index (κ2) is 8.91. The fraction of sp³-hybridized carbons (Fsp3) is 0.111. The summed E-state index contributed by atoms with van der Waals surface area (Å²) in [4.78, 5) is 23.2. The monoisotopic (exact) mass is 406 g/mol. The van der Waals surface area contributed by atoms with Crippen LogP contribution in [0.15, 0.2) is 65.2 Å². The Morgan fingerprint density at radius 2 is 1.64 bits per heavy atom. The molecule has 0 atom stereocenters. The highest BCUT2D eigenvalue weighted by Gasteiger charge is 2.21. The van der Waals surface area contributed by atoms with Crippen molar-refractivity contribution in [1.82, 2.24) is 0 Å². The topological polar surface area (TPSA) is 131 Å². The summed E-state index contributed by atoms with van der Waals surface area (Å²) in [6.45, 7) is 0. The average Bonchev–Trinajstić information content (AvgIpc) is 2.68. The minimum Gasteiger partial charge on any atom is -0.508 e. The summed E-state index contributed by atoms with van der Waals surface area (Å²) >= 11 is 0. The zero-order valence-electron chi connectivity index (χ0n) is 15.0. The molecule has 0 saturated heterocycles. The van der Waals surface area contributed by atoms with Crippen LogP contribution in [0.5, 0.6) is 5.75 Å². The van der Waals surface area contributed by atoms with Gasteiger partial charge in [0, 0.05) is 5.69 Å². The third-order valence-corrected chi connectivity index (χ3v) is 4.87. The lowest BCUT2D eigenvalue weighted by molar-refractivity contribution is -0.138. The van der Waals surface area contributed by atoms with Crippen LogP contribution < -0.4 is 10.0 Å². The Hall–Kier alpha value is -3.53. The van der Waals surface area contributed by atoms with E-state index in [2.05, 4.69) is 19.5 Å². The van der Waals surface area contributed by atoms with Crippen LogP contribution in [0, 0.1) is 0 Å². The number of esters is 2. The van der Waals surface area contributed by atoms with Crippen LogP contribution in [0.2, 0.25) is 0 Å². The summed E-state index contributed by atoms with van der Waals surface area (Å²) in [6.07, 6.45) is 0.850. The van der Waals surface area contributed by atoms with E-state index < -0.39 is 22.0 Å². The average molecular weight is 406 g/mol. The highest BCUT2D eigenvalue weighted by atomic mass is 32.2. The maximum atomic E-state index is 12.8. The SMILES string of the molecule is COC(=O)/C=C(/Nc1ccccc1S(=O)(=O)Nc1ccc(O)cc1)C(=O)OC. The number of carbonyl (C=O) groups excluding carboxylic acids is 2. The van der Waals surface area contributed by atoms with Crippen molar-refractivity contribution in [1.29, 1.82) is 0 Å². The Morgan fingerprint density at radius 3 is 2.25 bits per heavy atom. The van der Waals surface area contributed by atoms with Crippen LogP contribution in [0.1, 0.15) is 0 Å². The number of carbonyl (C=O) groups is 2. The number of sulfonamides is 1. The lowest BCUT2D eigenvalue weighted by atomic mass is 10.3. The molecule has 0 heterocycles. The van der Waals surface area contributed by atoms with Crippen LogP contribution in [-0.4, -0.2) is 39.7 Å². The van der Waals surface area contributed by atoms with Crippen molar-refractivity contribution in [2.24, 2.45) is 0 Å². The van der Waals surface area contributed by atoms with Gasteiger partial charge >= 0.3 is 11.9 Å². The minimum atomic E-state index is -4.06. The first kappa shape index (κ1) is 20.8. The van der Waals surface area contributed by atoms with Gasteiger partial charge in [0.15, 0.2) is 0 Å². The second-order valence-electron chi connectivity index (χ2n) is 5.35. The van der Waals surface area contributed by atoms with E-state index in [9.17, 15) is 23.1 Å². The number of phenols is 1. The van der Waals surface area contributed by atoms with Crippen LogP contribution in [0.25, 0.3) is 0 Å². The van der Waals surface area contributed by atoms with Gasteiger partial charge in [0.05, 0.1) is 26.0 Å². The van der Waals surface area contributed by atoms with E-state index in [0.717, 1.165) is 20.3 Å². The molecule has 2 rings (SSSR count). The molecule has 9 nitrogen and oxygen atoms in total. The van der Waals surface area contributed by atoms with Crippen LogP contribution >= 0.6 is 0 Å². The van der Waals surface area contributed by atoms with E-state index in [1.807, 2.05) is 0 Å². The molecule has 2 aromatic carbocycles. The third kappa shape index (κ3) is 5.24. The quantitative estimate of drug-likeness (QED) is 0.361. The molecular weight excluding hydrogens is 388 g/mol. The normalized spacial score (nSPS) is 11.4. The van der Waals surface area contributed by atoms with Gasteiger partial charge in [-0.2, -0.15) is 0 Å². The number of methoxy groups -OCH3 is 2. The predicted octanol–water partition coefficient (Wildman–Crippen LogP) is 1.83. The van der Waals surface area contributed by atoms with Crippen molar-refractivity contribution in [3.8, 4) is 5.75 Å². The number of ether oxygens (including phenoxy) is 2. The van der Waals surface area contributed by atoms with Gasteiger partial charge in [-0.1, -0.05) is 12.1 Å². The summed E-state index contributed by atoms with van der Waals surface area (Å²) in [6, 6.07) is 11.2. The van der Waals surface area contributed by atoms with Crippen LogP contribution in [0.3, 0.4) is 0 Å². The minimum absolute atomic E-state index is 0.0133. The zero-order chi connectivity index (χ0) is 20.7. The molecule has 0 unspecified atom stereocenters. The molecule has 0 fully saturated rings. The Kier molecular flexibility index (Phi) is 6.61. The molecule has 3 N–H and O–H groups in total. The molecule has 0 bridgehead atoms. The predicted molar refractivity (Wildman–Crippen MR) is 101 cm³/mol. The molecule has 28 heavy (non-hydrogen) atoms. The number of aromatic hydroxyl groups is 1. The van der Waals surface area contributed by atoms with Gasteiger partial charge in [0.25, 0.3) is 10.0 Å². The van der Waals surface area contributed by atoms with Crippen molar-refractivity contribution in [2.45, 2.75) is 4.90 Å². The number of anilines is 2. The molecule has 148 valence electrons. The highest BCUT2D eigenvalue weighted by Crippen LogP contribution is 2.25. The Labute approximate surface area is 161 Å². The van der Waals surface area contributed by atoms with Crippen molar-refractivity contribution in [3.63, 3.8) is 0 Å². The van der Waals surface area contributed by atoms with Crippen LogP contribution in [0.4, 0.5) is 11.4 Å². The standard InChI is InChI=1S/C18H18N2O7S/c1-26-17(22)11-15(18(23)27-2)19-14-5-3-4-6-16(14)28(24,25)20-12-7-9-13(21)10-8-12/h3-11,19-21H,1-2H3/b15-11+. The molecule has 0 aromatic heterocycles. The lowest BCUT2D eigenvalue weighted by Crippen LogP contribution is -2.19. The van der Waals surface area contributed by atoms with Gasteiger partial charge in [0.2, 0.25) is 0 Å². The fourth-order valence-corrected chi connectivity index (χ4v) is 3.34. The molecule has 10 heteroatoms. The van der Waals surface area contributed by atoms with Crippen molar-refractivity contribution >= 4 is 33.3 Å². The largest absolute Gasteiger partial charge is 0.508 e. The van der Waals surface area contributed by atoms with Gasteiger partial charge < -0.3 is 19.9 Å². The van der Waals surface area contributed by atoms with Gasteiger partial charge in [0.1, 0.15) is 16.3 Å². The smallest absolute Gasteiger partial charge is 0.354 e.